The third-order valence-electron chi connectivity index (χ3n) is 4.66. The van der Waals surface area contributed by atoms with Crippen LogP contribution in [0.1, 0.15) is 33.4 Å². The Balaban J connectivity index is 1.62. The molecular formula is C18H18N2O4S3. The van der Waals surface area contributed by atoms with E-state index >= 15 is 0 Å². The molecule has 27 heavy (non-hydrogen) atoms. The minimum atomic E-state index is -3.76. The first-order valence-corrected chi connectivity index (χ1v) is 11.7. The van der Waals surface area contributed by atoms with Crippen LogP contribution in [0.25, 0.3) is 10.2 Å². The van der Waals surface area contributed by atoms with Gasteiger partial charge in [0.2, 0.25) is 10.0 Å². The fraction of sp³-hybridized carbons (Fsp3) is 0.333. The summed E-state index contributed by atoms with van der Waals surface area (Å²) in [6.07, 6.45) is 1.66. The average Bonchev–Trinajstić information content (AvgIpc) is 3.34. The van der Waals surface area contributed by atoms with Gasteiger partial charge in [-0.15, -0.1) is 22.7 Å². The van der Waals surface area contributed by atoms with Crippen molar-refractivity contribution in [3.8, 4) is 0 Å². The van der Waals surface area contributed by atoms with E-state index in [2.05, 4.69) is 0 Å². The molecule has 2 aromatic heterocycles. The molecule has 0 radical (unpaired) electrons. The number of carbonyl (C=O) groups is 1. The topological polar surface area (TPSA) is 76.6 Å². The van der Waals surface area contributed by atoms with Crippen LogP contribution in [0.2, 0.25) is 0 Å². The Morgan fingerprint density at radius 2 is 2.11 bits per heavy atom. The number of esters is 1. The van der Waals surface area contributed by atoms with Crippen molar-refractivity contribution in [3.63, 3.8) is 0 Å². The highest BCUT2D eigenvalue weighted by molar-refractivity contribution is 7.89. The second kappa shape index (κ2) is 7.31. The number of hydrogen-bond donors (Lipinski definition) is 0. The van der Waals surface area contributed by atoms with Gasteiger partial charge >= 0.3 is 5.97 Å². The summed E-state index contributed by atoms with van der Waals surface area (Å²) in [6.45, 7) is 0.818. The third kappa shape index (κ3) is 3.40. The van der Waals surface area contributed by atoms with Crippen LogP contribution in [0, 0.1) is 0 Å². The summed E-state index contributed by atoms with van der Waals surface area (Å²) in [5, 5.41) is 2.57. The fourth-order valence-corrected chi connectivity index (χ4v) is 7.23. The first kappa shape index (κ1) is 18.5. The number of thiazole rings is 1. The highest BCUT2D eigenvalue weighted by Gasteiger charge is 2.35. The molecular weight excluding hydrogens is 404 g/mol. The second-order valence-electron chi connectivity index (χ2n) is 6.33. The summed E-state index contributed by atoms with van der Waals surface area (Å²) >= 11 is 2.70. The van der Waals surface area contributed by atoms with Gasteiger partial charge in [0.25, 0.3) is 0 Å². The molecule has 3 heterocycles. The standard InChI is InChI=1S/C18H18N2O4S3/c1-24-18(21)16-15(8-10-25-16)27(22,23)20-9-4-5-12(11-20)17-19-13-6-2-3-7-14(13)26-17/h2-3,6-8,10,12H,4-5,9,11H2,1H3. The zero-order valence-electron chi connectivity index (χ0n) is 14.6. The summed E-state index contributed by atoms with van der Waals surface area (Å²) in [5.41, 5.74) is 0.947. The van der Waals surface area contributed by atoms with E-state index in [0.717, 1.165) is 39.4 Å². The number of piperidine rings is 1. The highest BCUT2D eigenvalue weighted by Crippen LogP contribution is 2.35. The third-order valence-corrected chi connectivity index (χ3v) is 8.79. The highest BCUT2D eigenvalue weighted by atomic mass is 32.2. The molecule has 0 aliphatic carbocycles. The molecule has 1 fully saturated rings. The molecule has 4 rings (SSSR count). The van der Waals surface area contributed by atoms with Gasteiger partial charge in [-0.3, -0.25) is 0 Å². The number of para-hydroxylation sites is 1. The van der Waals surface area contributed by atoms with Crippen molar-refractivity contribution < 1.29 is 17.9 Å². The number of carbonyl (C=O) groups excluding carboxylic acids is 1. The molecule has 0 N–H and O–H groups in total. The Bertz CT molecular complexity index is 1050. The smallest absolute Gasteiger partial charge is 0.349 e. The SMILES string of the molecule is COC(=O)c1sccc1S(=O)(=O)N1CCCC(c2nc3ccccc3s2)C1. The lowest BCUT2D eigenvalue weighted by atomic mass is 10.0. The summed E-state index contributed by atoms with van der Waals surface area (Å²) in [5.74, 6) is -0.561. The van der Waals surface area contributed by atoms with Gasteiger partial charge in [-0.1, -0.05) is 12.1 Å². The van der Waals surface area contributed by atoms with E-state index in [1.165, 1.54) is 17.5 Å². The first-order valence-electron chi connectivity index (χ1n) is 8.52. The van der Waals surface area contributed by atoms with E-state index < -0.39 is 16.0 Å². The molecule has 1 aromatic carbocycles. The van der Waals surface area contributed by atoms with Crippen LogP contribution in [0.4, 0.5) is 0 Å². The molecule has 142 valence electrons. The van der Waals surface area contributed by atoms with Crippen LogP contribution < -0.4 is 0 Å². The number of fused-ring (bicyclic) bond motifs is 1. The maximum absolute atomic E-state index is 13.1. The van der Waals surface area contributed by atoms with Crippen molar-refractivity contribution in [2.24, 2.45) is 0 Å². The number of aromatic nitrogens is 1. The van der Waals surface area contributed by atoms with E-state index in [1.54, 1.807) is 16.7 Å². The molecule has 1 aliphatic rings. The van der Waals surface area contributed by atoms with Crippen molar-refractivity contribution in [1.29, 1.82) is 0 Å². The van der Waals surface area contributed by atoms with Crippen LogP contribution in [0.15, 0.2) is 40.6 Å². The summed E-state index contributed by atoms with van der Waals surface area (Å²) < 4.78 is 33.6. The van der Waals surface area contributed by atoms with Crippen molar-refractivity contribution in [2.45, 2.75) is 23.7 Å². The van der Waals surface area contributed by atoms with Crippen molar-refractivity contribution in [3.05, 3.63) is 45.6 Å². The fourth-order valence-electron chi connectivity index (χ4n) is 3.31. The van der Waals surface area contributed by atoms with Crippen LogP contribution in [0.5, 0.6) is 0 Å². The van der Waals surface area contributed by atoms with Gasteiger partial charge in [0.05, 0.1) is 22.3 Å². The lowest BCUT2D eigenvalue weighted by Crippen LogP contribution is -2.39. The van der Waals surface area contributed by atoms with Crippen molar-refractivity contribution in [1.82, 2.24) is 9.29 Å². The largest absolute Gasteiger partial charge is 0.465 e. The van der Waals surface area contributed by atoms with Gasteiger partial charge in [0.1, 0.15) is 9.77 Å². The maximum atomic E-state index is 13.1. The zero-order chi connectivity index (χ0) is 19.0. The molecule has 6 nitrogen and oxygen atoms in total. The van der Waals surface area contributed by atoms with E-state index in [1.807, 2.05) is 24.3 Å². The van der Waals surface area contributed by atoms with Gasteiger partial charge in [0.15, 0.2) is 0 Å². The zero-order valence-corrected chi connectivity index (χ0v) is 17.1. The lowest BCUT2D eigenvalue weighted by molar-refractivity contribution is 0.0602. The van der Waals surface area contributed by atoms with Crippen LogP contribution in [-0.4, -0.2) is 43.9 Å². The van der Waals surface area contributed by atoms with Gasteiger partial charge < -0.3 is 4.74 Å². The van der Waals surface area contributed by atoms with Gasteiger partial charge in [0, 0.05) is 19.0 Å². The van der Waals surface area contributed by atoms with E-state index in [4.69, 9.17) is 9.72 Å². The summed E-state index contributed by atoms with van der Waals surface area (Å²) in [7, 11) is -2.50. The molecule has 0 saturated carbocycles. The molecule has 9 heteroatoms. The number of nitrogens with zero attached hydrogens (tertiary/aromatic N) is 2. The molecule has 1 aliphatic heterocycles. The summed E-state index contributed by atoms with van der Waals surface area (Å²) in [6, 6.07) is 9.41. The van der Waals surface area contributed by atoms with Crippen LogP contribution in [0.3, 0.4) is 0 Å². The van der Waals surface area contributed by atoms with Crippen LogP contribution in [-0.2, 0) is 14.8 Å². The monoisotopic (exact) mass is 422 g/mol. The first-order chi connectivity index (χ1) is 13.0. The van der Waals surface area contributed by atoms with Crippen molar-refractivity contribution in [2.75, 3.05) is 20.2 Å². The number of sulfonamides is 1. The Kier molecular flexibility index (Phi) is 5.02. The number of benzene rings is 1. The normalized spacial score (nSPS) is 18.6. The molecule has 1 unspecified atom stereocenters. The average molecular weight is 423 g/mol. The predicted octanol–water partition coefficient (Wildman–Crippen LogP) is 3.71. The minimum Gasteiger partial charge on any atom is -0.465 e. The second-order valence-corrected chi connectivity index (χ2v) is 10.2. The Morgan fingerprint density at radius 3 is 2.89 bits per heavy atom. The van der Waals surface area contributed by atoms with E-state index in [0.29, 0.717) is 13.1 Å². The molecule has 1 atom stereocenters. The number of methoxy groups -OCH3 is 1. The number of thiophene rings is 1. The van der Waals surface area contributed by atoms with E-state index in [9.17, 15) is 13.2 Å². The van der Waals surface area contributed by atoms with Gasteiger partial charge in [-0.05, 0) is 36.4 Å². The molecule has 0 amide bonds. The molecule has 3 aromatic rings. The Morgan fingerprint density at radius 1 is 1.30 bits per heavy atom. The van der Waals surface area contributed by atoms with Gasteiger partial charge in [-0.25, -0.2) is 18.2 Å². The van der Waals surface area contributed by atoms with Crippen LogP contribution >= 0.6 is 22.7 Å². The number of ether oxygens (including phenoxy) is 1. The van der Waals surface area contributed by atoms with Gasteiger partial charge in [-0.2, -0.15) is 4.31 Å². The van der Waals surface area contributed by atoms with Crippen molar-refractivity contribution >= 4 is 48.9 Å². The maximum Gasteiger partial charge on any atom is 0.349 e. The number of hydrogen-bond acceptors (Lipinski definition) is 7. The summed E-state index contributed by atoms with van der Waals surface area (Å²) in [4.78, 5) is 16.8. The number of rotatable bonds is 4. The lowest BCUT2D eigenvalue weighted by Gasteiger charge is -2.30. The Labute approximate surface area is 165 Å². The minimum absolute atomic E-state index is 0.0318. The quantitative estimate of drug-likeness (QED) is 0.599. The molecule has 0 spiro atoms. The molecule has 0 bridgehead atoms. The predicted molar refractivity (Wildman–Crippen MR) is 106 cm³/mol. The molecule has 1 saturated heterocycles. The van der Waals surface area contributed by atoms with E-state index in [-0.39, 0.29) is 15.7 Å². The Hall–Kier alpha value is -1.81.